The van der Waals surface area contributed by atoms with Crippen molar-refractivity contribution in [2.45, 2.75) is 11.8 Å². The van der Waals surface area contributed by atoms with E-state index in [1.54, 1.807) is 13.0 Å². The first-order valence-electron chi connectivity index (χ1n) is 3.15. The van der Waals surface area contributed by atoms with Crippen molar-refractivity contribution in [2.75, 3.05) is 6.26 Å². The molecule has 1 aromatic carbocycles. The Morgan fingerprint density at radius 3 is 2.64 bits per heavy atom. The van der Waals surface area contributed by atoms with E-state index in [-0.39, 0.29) is 10.8 Å². The third kappa shape index (κ3) is 1.68. The summed E-state index contributed by atoms with van der Waals surface area (Å²) in [5.41, 5.74) is 0.630. The molecule has 0 unspecified atom stereocenters. The maximum atomic E-state index is 13.0. The van der Waals surface area contributed by atoms with Gasteiger partial charge in [-0.15, -0.1) is 11.8 Å². The number of halogens is 2. The Morgan fingerprint density at radius 1 is 1.45 bits per heavy atom. The molecule has 0 saturated carbocycles. The molecule has 0 nitrogen and oxygen atoms in total. The SMILES string of the molecule is CSc1ccc(Cl)c(F)c1C. The minimum absolute atomic E-state index is 0.195. The summed E-state index contributed by atoms with van der Waals surface area (Å²) >= 11 is 7.08. The molecule has 0 aliphatic carbocycles. The van der Waals surface area contributed by atoms with E-state index in [2.05, 4.69) is 0 Å². The van der Waals surface area contributed by atoms with Crippen molar-refractivity contribution < 1.29 is 4.39 Å². The molecule has 0 amide bonds. The van der Waals surface area contributed by atoms with Gasteiger partial charge in [-0.2, -0.15) is 0 Å². The van der Waals surface area contributed by atoms with Gasteiger partial charge in [-0.1, -0.05) is 11.6 Å². The minimum atomic E-state index is -0.307. The second-order valence-corrected chi connectivity index (χ2v) is 3.44. The molecule has 0 heterocycles. The van der Waals surface area contributed by atoms with Crippen LogP contribution in [0.4, 0.5) is 4.39 Å². The first-order valence-corrected chi connectivity index (χ1v) is 4.75. The summed E-state index contributed by atoms with van der Waals surface area (Å²) in [5.74, 6) is -0.307. The van der Waals surface area contributed by atoms with Crippen molar-refractivity contribution >= 4 is 23.4 Å². The highest BCUT2D eigenvalue weighted by Gasteiger charge is 2.06. The summed E-state index contributed by atoms with van der Waals surface area (Å²) in [6.45, 7) is 1.73. The lowest BCUT2D eigenvalue weighted by Gasteiger charge is -2.03. The van der Waals surface area contributed by atoms with Gasteiger partial charge >= 0.3 is 0 Å². The van der Waals surface area contributed by atoms with Gasteiger partial charge in [0.1, 0.15) is 5.82 Å². The Labute approximate surface area is 74.8 Å². The van der Waals surface area contributed by atoms with Gasteiger partial charge in [-0.05, 0) is 30.9 Å². The van der Waals surface area contributed by atoms with Crippen LogP contribution in [-0.4, -0.2) is 6.26 Å². The topological polar surface area (TPSA) is 0 Å². The van der Waals surface area contributed by atoms with Crippen molar-refractivity contribution in [1.29, 1.82) is 0 Å². The average molecular weight is 191 g/mol. The molecule has 0 fully saturated rings. The Hall–Kier alpha value is -0.210. The van der Waals surface area contributed by atoms with Crippen LogP contribution in [0.1, 0.15) is 5.56 Å². The fourth-order valence-corrected chi connectivity index (χ4v) is 1.66. The van der Waals surface area contributed by atoms with Gasteiger partial charge in [0.2, 0.25) is 0 Å². The van der Waals surface area contributed by atoms with Crippen molar-refractivity contribution in [3.05, 3.63) is 28.5 Å². The van der Waals surface area contributed by atoms with Crippen LogP contribution in [0, 0.1) is 12.7 Å². The summed E-state index contributed by atoms with van der Waals surface area (Å²) in [4.78, 5) is 0.937. The molecule has 0 aliphatic rings. The normalized spacial score (nSPS) is 10.2. The molecule has 1 rings (SSSR count). The Bertz CT molecular complexity index is 273. The molecule has 0 spiro atoms. The van der Waals surface area contributed by atoms with E-state index in [9.17, 15) is 4.39 Å². The fraction of sp³-hybridized carbons (Fsp3) is 0.250. The van der Waals surface area contributed by atoms with E-state index in [0.29, 0.717) is 5.56 Å². The van der Waals surface area contributed by atoms with Gasteiger partial charge in [-0.25, -0.2) is 4.39 Å². The molecular weight excluding hydrogens is 183 g/mol. The molecule has 0 N–H and O–H groups in total. The van der Waals surface area contributed by atoms with Crippen LogP contribution in [0.2, 0.25) is 5.02 Å². The number of thioether (sulfide) groups is 1. The fourth-order valence-electron chi connectivity index (χ4n) is 0.855. The zero-order valence-electron chi connectivity index (χ0n) is 6.32. The smallest absolute Gasteiger partial charge is 0.145 e. The third-order valence-corrected chi connectivity index (χ3v) is 2.68. The maximum Gasteiger partial charge on any atom is 0.145 e. The molecule has 11 heavy (non-hydrogen) atoms. The van der Waals surface area contributed by atoms with Gasteiger partial charge in [0.15, 0.2) is 0 Å². The van der Waals surface area contributed by atoms with Gasteiger partial charge in [0, 0.05) is 4.90 Å². The monoisotopic (exact) mass is 190 g/mol. The molecule has 1 aromatic rings. The van der Waals surface area contributed by atoms with E-state index in [0.717, 1.165) is 4.90 Å². The highest BCUT2D eigenvalue weighted by Crippen LogP contribution is 2.26. The second kappa shape index (κ2) is 3.46. The summed E-state index contributed by atoms with van der Waals surface area (Å²) < 4.78 is 13.0. The quantitative estimate of drug-likeness (QED) is 0.611. The van der Waals surface area contributed by atoms with E-state index < -0.39 is 0 Å². The number of hydrogen-bond donors (Lipinski definition) is 0. The highest BCUT2D eigenvalue weighted by molar-refractivity contribution is 7.98. The summed E-state index contributed by atoms with van der Waals surface area (Å²) in [5, 5.41) is 0.195. The largest absolute Gasteiger partial charge is 0.205 e. The van der Waals surface area contributed by atoms with Crippen LogP contribution in [0.3, 0.4) is 0 Å². The average Bonchev–Trinajstić information content (AvgIpc) is 2.01. The van der Waals surface area contributed by atoms with Crippen molar-refractivity contribution in [3.8, 4) is 0 Å². The van der Waals surface area contributed by atoms with E-state index >= 15 is 0 Å². The van der Waals surface area contributed by atoms with Crippen molar-refractivity contribution in [1.82, 2.24) is 0 Å². The summed E-state index contributed by atoms with van der Waals surface area (Å²) in [6.07, 6.45) is 1.91. The second-order valence-electron chi connectivity index (χ2n) is 2.19. The zero-order chi connectivity index (χ0) is 8.43. The van der Waals surface area contributed by atoms with Gasteiger partial charge in [-0.3, -0.25) is 0 Å². The Balaban J connectivity index is 3.25. The Kier molecular flexibility index (Phi) is 2.79. The Morgan fingerprint density at radius 2 is 2.09 bits per heavy atom. The molecule has 60 valence electrons. The summed E-state index contributed by atoms with van der Waals surface area (Å²) in [7, 11) is 0. The number of rotatable bonds is 1. The molecule has 0 aliphatic heterocycles. The first kappa shape index (κ1) is 8.88. The molecule has 0 aromatic heterocycles. The first-order chi connectivity index (χ1) is 5.16. The minimum Gasteiger partial charge on any atom is -0.205 e. The summed E-state index contributed by atoms with van der Waals surface area (Å²) in [6, 6.07) is 3.40. The van der Waals surface area contributed by atoms with E-state index in [1.165, 1.54) is 11.8 Å². The molecule has 0 atom stereocenters. The highest BCUT2D eigenvalue weighted by atomic mass is 35.5. The number of hydrogen-bond acceptors (Lipinski definition) is 1. The maximum absolute atomic E-state index is 13.0. The van der Waals surface area contributed by atoms with Gasteiger partial charge in [0.25, 0.3) is 0 Å². The van der Waals surface area contributed by atoms with Gasteiger partial charge in [0.05, 0.1) is 5.02 Å². The van der Waals surface area contributed by atoms with Crippen LogP contribution in [0.15, 0.2) is 17.0 Å². The van der Waals surface area contributed by atoms with E-state index in [4.69, 9.17) is 11.6 Å². The van der Waals surface area contributed by atoms with Crippen molar-refractivity contribution in [2.24, 2.45) is 0 Å². The standard InChI is InChI=1S/C8H8ClFS/c1-5-7(11-2)4-3-6(9)8(5)10/h3-4H,1-2H3. The van der Waals surface area contributed by atoms with Crippen LogP contribution in [0.25, 0.3) is 0 Å². The molecule has 0 radical (unpaired) electrons. The lowest BCUT2D eigenvalue weighted by Crippen LogP contribution is -1.86. The molecular formula is C8H8ClFS. The lowest BCUT2D eigenvalue weighted by molar-refractivity contribution is 0.614. The van der Waals surface area contributed by atoms with Crippen LogP contribution in [-0.2, 0) is 0 Å². The van der Waals surface area contributed by atoms with Gasteiger partial charge < -0.3 is 0 Å². The number of benzene rings is 1. The predicted octanol–water partition coefficient (Wildman–Crippen LogP) is 3.51. The molecule has 3 heteroatoms. The third-order valence-electron chi connectivity index (χ3n) is 1.51. The van der Waals surface area contributed by atoms with Crippen LogP contribution >= 0.6 is 23.4 Å². The van der Waals surface area contributed by atoms with Crippen LogP contribution < -0.4 is 0 Å². The molecule has 0 saturated heterocycles. The lowest BCUT2D eigenvalue weighted by atomic mass is 10.2. The van der Waals surface area contributed by atoms with Crippen LogP contribution in [0.5, 0.6) is 0 Å². The molecule has 0 bridgehead atoms. The van der Waals surface area contributed by atoms with E-state index in [1.807, 2.05) is 12.3 Å². The zero-order valence-corrected chi connectivity index (χ0v) is 7.89. The predicted molar refractivity (Wildman–Crippen MR) is 47.9 cm³/mol. The van der Waals surface area contributed by atoms with Crippen molar-refractivity contribution in [3.63, 3.8) is 0 Å².